The van der Waals surface area contributed by atoms with E-state index in [1.54, 1.807) is 0 Å². The quantitative estimate of drug-likeness (QED) is 0.855. The molecule has 2 fully saturated rings. The van der Waals surface area contributed by atoms with Gasteiger partial charge in [0.25, 0.3) is 0 Å². The number of aromatic nitrogens is 4. The molecule has 2 aromatic rings. The molecule has 1 atom stereocenters. The lowest BCUT2D eigenvalue weighted by Crippen LogP contribution is -2.28. The molecule has 0 aromatic carbocycles. The van der Waals surface area contributed by atoms with E-state index in [0.29, 0.717) is 24.0 Å². The van der Waals surface area contributed by atoms with Crippen LogP contribution in [0, 0.1) is 6.92 Å². The van der Waals surface area contributed by atoms with Crippen molar-refractivity contribution in [2.75, 3.05) is 18.4 Å². The highest BCUT2D eigenvalue weighted by atomic mass is 32.1. The first-order chi connectivity index (χ1) is 11.7. The minimum Gasteiger partial charge on any atom is -0.300 e. The van der Waals surface area contributed by atoms with Gasteiger partial charge >= 0.3 is 0 Å². The number of carbonyl (C=O) groups excluding carboxylic acids is 1. The Morgan fingerprint density at radius 2 is 2.21 bits per heavy atom. The number of anilines is 1. The zero-order valence-corrected chi connectivity index (χ0v) is 14.4. The van der Waals surface area contributed by atoms with Crippen LogP contribution in [-0.2, 0) is 4.79 Å². The van der Waals surface area contributed by atoms with Gasteiger partial charge in [-0.15, -0.1) is 10.2 Å². The molecule has 0 bridgehead atoms. The maximum atomic E-state index is 12.2. The summed E-state index contributed by atoms with van der Waals surface area (Å²) in [6.45, 7) is 3.56. The molecule has 4 rings (SSSR count). The van der Waals surface area contributed by atoms with E-state index in [0.717, 1.165) is 35.8 Å². The summed E-state index contributed by atoms with van der Waals surface area (Å²) in [5.41, 5.74) is 1.73. The van der Waals surface area contributed by atoms with Crippen LogP contribution in [0.25, 0.3) is 0 Å². The van der Waals surface area contributed by atoms with E-state index in [1.165, 1.54) is 24.2 Å². The SMILES string of the molecule is Cc1nonc1[C@@H]1CCCN1CCC(=O)Nc1nnc(C2CC2)s1. The van der Waals surface area contributed by atoms with Crippen molar-refractivity contribution < 1.29 is 9.42 Å². The maximum Gasteiger partial charge on any atom is 0.227 e. The number of aryl methyl sites for hydroxylation is 1. The zero-order chi connectivity index (χ0) is 16.5. The average molecular weight is 348 g/mol. The number of nitrogens with one attached hydrogen (secondary N) is 1. The molecule has 1 aliphatic carbocycles. The number of carbonyl (C=O) groups is 1. The van der Waals surface area contributed by atoms with Crippen molar-refractivity contribution in [2.24, 2.45) is 0 Å². The fourth-order valence-corrected chi connectivity index (χ4v) is 4.08. The van der Waals surface area contributed by atoms with E-state index in [1.807, 2.05) is 6.92 Å². The van der Waals surface area contributed by atoms with Crippen LogP contribution >= 0.6 is 11.3 Å². The fraction of sp³-hybridized carbons (Fsp3) is 0.667. The topological polar surface area (TPSA) is 97.0 Å². The number of hydrogen-bond acceptors (Lipinski definition) is 8. The molecule has 2 aromatic heterocycles. The Morgan fingerprint density at radius 1 is 1.33 bits per heavy atom. The Labute approximate surface area is 143 Å². The van der Waals surface area contributed by atoms with E-state index in [9.17, 15) is 4.79 Å². The van der Waals surface area contributed by atoms with Crippen LogP contribution in [0.3, 0.4) is 0 Å². The molecule has 0 unspecified atom stereocenters. The van der Waals surface area contributed by atoms with Crippen molar-refractivity contribution >= 4 is 22.4 Å². The number of amides is 1. The van der Waals surface area contributed by atoms with Gasteiger partial charge in [0, 0.05) is 18.9 Å². The normalized spacial score (nSPS) is 21.3. The second-order valence-corrected chi connectivity index (χ2v) is 7.46. The van der Waals surface area contributed by atoms with Crippen molar-refractivity contribution in [1.82, 2.24) is 25.4 Å². The van der Waals surface area contributed by atoms with Crippen molar-refractivity contribution in [2.45, 2.75) is 51.0 Å². The third kappa shape index (κ3) is 3.32. The first-order valence-electron chi connectivity index (χ1n) is 8.37. The molecule has 8 nitrogen and oxygen atoms in total. The minimum atomic E-state index is -0.0193. The molecule has 3 heterocycles. The molecule has 9 heteroatoms. The zero-order valence-electron chi connectivity index (χ0n) is 13.6. The van der Waals surface area contributed by atoms with E-state index in [-0.39, 0.29) is 11.9 Å². The summed E-state index contributed by atoms with van der Waals surface area (Å²) in [6, 6.07) is 0.201. The second kappa shape index (κ2) is 6.56. The maximum absolute atomic E-state index is 12.2. The highest BCUT2D eigenvalue weighted by Crippen LogP contribution is 2.42. The standard InChI is InChI=1S/C15H20N6O2S/c1-9-13(20-23-19-9)11-3-2-7-21(11)8-6-12(22)16-15-18-17-14(24-15)10-4-5-10/h10-11H,2-8H2,1H3,(H,16,18,22)/t11-/m0/s1. The van der Waals surface area contributed by atoms with Gasteiger partial charge < -0.3 is 5.32 Å². The lowest BCUT2D eigenvalue weighted by molar-refractivity contribution is -0.116. The summed E-state index contributed by atoms with van der Waals surface area (Å²) in [7, 11) is 0. The molecule has 24 heavy (non-hydrogen) atoms. The molecule has 1 amide bonds. The largest absolute Gasteiger partial charge is 0.300 e. The molecule has 1 aliphatic heterocycles. The summed E-state index contributed by atoms with van der Waals surface area (Å²) >= 11 is 1.49. The van der Waals surface area contributed by atoms with Gasteiger partial charge in [0.15, 0.2) is 0 Å². The third-order valence-corrected chi connectivity index (χ3v) is 5.61. The monoisotopic (exact) mass is 348 g/mol. The predicted octanol–water partition coefficient (Wildman–Crippen LogP) is 2.27. The molecule has 1 saturated heterocycles. The van der Waals surface area contributed by atoms with Gasteiger partial charge in [0.2, 0.25) is 11.0 Å². The fourth-order valence-electron chi connectivity index (χ4n) is 3.15. The van der Waals surface area contributed by atoms with Crippen LogP contribution < -0.4 is 5.32 Å². The Kier molecular flexibility index (Phi) is 4.28. The van der Waals surface area contributed by atoms with Crippen LogP contribution in [0.2, 0.25) is 0 Å². The van der Waals surface area contributed by atoms with Gasteiger partial charge in [-0.1, -0.05) is 21.7 Å². The highest BCUT2D eigenvalue weighted by molar-refractivity contribution is 7.15. The Balaban J connectivity index is 1.30. The van der Waals surface area contributed by atoms with Crippen molar-refractivity contribution in [3.8, 4) is 0 Å². The van der Waals surface area contributed by atoms with Crippen molar-refractivity contribution in [3.63, 3.8) is 0 Å². The Morgan fingerprint density at radius 3 is 2.96 bits per heavy atom. The van der Waals surface area contributed by atoms with E-state index < -0.39 is 0 Å². The van der Waals surface area contributed by atoms with E-state index in [4.69, 9.17) is 4.63 Å². The lowest BCUT2D eigenvalue weighted by atomic mass is 10.1. The molecule has 1 saturated carbocycles. The van der Waals surface area contributed by atoms with Crippen LogP contribution in [0.5, 0.6) is 0 Å². The van der Waals surface area contributed by atoms with Gasteiger partial charge in [-0.05, 0) is 39.2 Å². The summed E-state index contributed by atoms with van der Waals surface area (Å²) in [5.74, 6) is 0.548. The van der Waals surface area contributed by atoms with Crippen LogP contribution in [-0.4, -0.2) is 44.4 Å². The molecular weight excluding hydrogens is 328 g/mol. The Bertz CT molecular complexity index is 725. The Hall–Kier alpha value is -1.87. The van der Waals surface area contributed by atoms with Crippen molar-refractivity contribution in [1.29, 1.82) is 0 Å². The molecule has 1 N–H and O–H groups in total. The minimum absolute atomic E-state index is 0.0193. The van der Waals surface area contributed by atoms with Gasteiger partial charge in [0.05, 0.1) is 6.04 Å². The smallest absolute Gasteiger partial charge is 0.227 e. The first-order valence-corrected chi connectivity index (χ1v) is 9.18. The van der Waals surface area contributed by atoms with Crippen LogP contribution in [0.4, 0.5) is 5.13 Å². The molecule has 0 radical (unpaired) electrons. The number of rotatable bonds is 6. The molecule has 128 valence electrons. The van der Waals surface area contributed by atoms with Crippen LogP contribution in [0.1, 0.15) is 60.5 Å². The first kappa shape index (κ1) is 15.6. The third-order valence-electron chi connectivity index (χ3n) is 4.61. The lowest BCUT2D eigenvalue weighted by Gasteiger charge is -2.22. The second-order valence-electron chi connectivity index (χ2n) is 6.45. The van der Waals surface area contributed by atoms with E-state index in [2.05, 4.69) is 30.7 Å². The van der Waals surface area contributed by atoms with E-state index >= 15 is 0 Å². The van der Waals surface area contributed by atoms with Gasteiger partial charge in [-0.25, -0.2) is 4.63 Å². The summed E-state index contributed by atoms with van der Waals surface area (Å²) in [6.07, 6.45) is 4.93. The van der Waals surface area contributed by atoms with Gasteiger partial charge in [-0.3, -0.25) is 9.69 Å². The summed E-state index contributed by atoms with van der Waals surface area (Å²) < 4.78 is 4.82. The van der Waals surface area contributed by atoms with Crippen molar-refractivity contribution in [3.05, 3.63) is 16.4 Å². The average Bonchev–Trinajstić information content (AvgIpc) is 2.96. The number of likely N-dealkylation sites (tertiary alicyclic amines) is 1. The van der Waals surface area contributed by atoms with Gasteiger partial charge in [-0.2, -0.15) is 0 Å². The molecular formula is C15H20N6O2S. The van der Waals surface area contributed by atoms with Gasteiger partial charge in [0.1, 0.15) is 16.4 Å². The summed E-state index contributed by atoms with van der Waals surface area (Å²) in [4.78, 5) is 14.5. The molecule has 2 aliphatic rings. The molecule has 0 spiro atoms. The predicted molar refractivity (Wildman–Crippen MR) is 87.7 cm³/mol. The highest BCUT2D eigenvalue weighted by Gasteiger charge is 2.30. The van der Waals surface area contributed by atoms with Crippen LogP contribution in [0.15, 0.2) is 4.63 Å². The number of nitrogens with zero attached hydrogens (tertiary/aromatic N) is 5. The number of hydrogen-bond donors (Lipinski definition) is 1. The summed E-state index contributed by atoms with van der Waals surface area (Å²) in [5, 5.41) is 20.6.